The second-order valence-corrected chi connectivity index (χ2v) is 7.54. The Morgan fingerprint density at radius 1 is 1.18 bits per heavy atom. The normalized spacial score (nSPS) is 21.9. The predicted molar refractivity (Wildman–Crippen MR) is 104 cm³/mol. The third kappa shape index (κ3) is 6.29. The number of benzene rings is 1. The zero-order chi connectivity index (χ0) is 20.0. The van der Waals surface area contributed by atoms with Crippen LogP contribution in [0.15, 0.2) is 29.3 Å². The van der Waals surface area contributed by atoms with Crippen LogP contribution in [0.25, 0.3) is 0 Å². The fourth-order valence-electron chi connectivity index (χ4n) is 3.95. The Morgan fingerprint density at radius 2 is 1.89 bits per heavy atom. The van der Waals surface area contributed by atoms with E-state index in [1.165, 1.54) is 25.7 Å². The number of guanidine groups is 1. The lowest BCUT2D eigenvalue weighted by Gasteiger charge is -2.24. The molecule has 0 bridgehead atoms. The summed E-state index contributed by atoms with van der Waals surface area (Å²) in [6, 6.07) is 7.75. The number of likely N-dealkylation sites (tertiary alicyclic amines) is 1. The van der Waals surface area contributed by atoms with Gasteiger partial charge in [-0.1, -0.05) is 25.0 Å². The largest absolute Gasteiger partial charge is 0.484 e. The van der Waals surface area contributed by atoms with Crippen LogP contribution < -0.4 is 15.4 Å². The first-order valence-corrected chi connectivity index (χ1v) is 9.92. The van der Waals surface area contributed by atoms with Gasteiger partial charge in [-0.25, -0.2) is 0 Å². The molecule has 1 aliphatic heterocycles. The van der Waals surface area contributed by atoms with Gasteiger partial charge < -0.3 is 15.4 Å². The van der Waals surface area contributed by atoms with Crippen molar-refractivity contribution in [2.24, 2.45) is 4.99 Å². The molecule has 0 aromatic heterocycles. The topological polar surface area (TPSA) is 48.9 Å². The lowest BCUT2D eigenvalue weighted by atomic mass is 10.2. The van der Waals surface area contributed by atoms with Gasteiger partial charge in [-0.05, 0) is 37.0 Å². The van der Waals surface area contributed by atoms with Crippen LogP contribution in [0.2, 0.25) is 0 Å². The van der Waals surface area contributed by atoms with E-state index in [0.717, 1.165) is 37.1 Å². The second-order valence-electron chi connectivity index (χ2n) is 7.54. The van der Waals surface area contributed by atoms with E-state index in [4.69, 9.17) is 4.74 Å². The Balaban J connectivity index is 1.41. The van der Waals surface area contributed by atoms with Crippen molar-refractivity contribution in [3.05, 3.63) is 29.8 Å². The molecule has 3 rings (SSSR count). The maximum Gasteiger partial charge on any atom is 0.422 e. The molecule has 1 unspecified atom stereocenters. The van der Waals surface area contributed by atoms with Crippen LogP contribution in [-0.2, 0) is 6.54 Å². The van der Waals surface area contributed by atoms with Gasteiger partial charge >= 0.3 is 6.18 Å². The minimum Gasteiger partial charge on any atom is -0.484 e. The van der Waals surface area contributed by atoms with Crippen molar-refractivity contribution in [3.8, 4) is 5.75 Å². The first kappa shape index (κ1) is 20.8. The van der Waals surface area contributed by atoms with Gasteiger partial charge in [0.15, 0.2) is 12.6 Å². The van der Waals surface area contributed by atoms with Crippen molar-refractivity contribution in [2.75, 3.05) is 26.7 Å². The van der Waals surface area contributed by atoms with Gasteiger partial charge in [0.05, 0.1) is 0 Å². The van der Waals surface area contributed by atoms with Gasteiger partial charge in [-0.2, -0.15) is 13.2 Å². The minimum atomic E-state index is -4.33. The summed E-state index contributed by atoms with van der Waals surface area (Å²) < 4.78 is 41.3. The Hall–Kier alpha value is -1.96. The van der Waals surface area contributed by atoms with E-state index in [2.05, 4.69) is 20.5 Å². The zero-order valence-corrected chi connectivity index (χ0v) is 16.3. The molecule has 156 valence electrons. The molecule has 1 aromatic rings. The fraction of sp³-hybridized carbons (Fsp3) is 0.650. The highest BCUT2D eigenvalue weighted by Crippen LogP contribution is 2.26. The Bertz CT molecular complexity index is 642. The number of hydrogen-bond donors (Lipinski definition) is 2. The molecule has 1 saturated carbocycles. The molecule has 2 N–H and O–H groups in total. The summed E-state index contributed by atoms with van der Waals surface area (Å²) in [4.78, 5) is 6.88. The van der Waals surface area contributed by atoms with E-state index in [9.17, 15) is 13.2 Å². The Morgan fingerprint density at radius 3 is 2.54 bits per heavy atom. The van der Waals surface area contributed by atoms with Gasteiger partial charge in [0.25, 0.3) is 0 Å². The molecule has 1 aliphatic carbocycles. The molecular weight excluding hydrogens is 369 g/mol. The van der Waals surface area contributed by atoms with E-state index in [1.54, 1.807) is 31.3 Å². The van der Waals surface area contributed by atoms with Crippen LogP contribution in [0.3, 0.4) is 0 Å². The molecule has 1 heterocycles. The Labute approximate surface area is 164 Å². The zero-order valence-electron chi connectivity index (χ0n) is 16.3. The molecule has 2 fully saturated rings. The number of hydrogen-bond acceptors (Lipinski definition) is 3. The van der Waals surface area contributed by atoms with Gasteiger partial charge in [-0.15, -0.1) is 0 Å². The maximum absolute atomic E-state index is 12.2. The van der Waals surface area contributed by atoms with Crippen molar-refractivity contribution in [2.45, 2.75) is 56.9 Å². The molecule has 1 atom stereocenters. The van der Waals surface area contributed by atoms with Crippen LogP contribution in [0.5, 0.6) is 5.75 Å². The molecule has 28 heavy (non-hydrogen) atoms. The quantitative estimate of drug-likeness (QED) is 0.570. The average Bonchev–Trinajstić information content (AvgIpc) is 3.35. The molecule has 1 saturated heterocycles. The number of rotatable bonds is 6. The van der Waals surface area contributed by atoms with Crippen molar-refractivity contribution in [1.82, 2.24) is 15.5 Å². The van der Waals surface area contributed by atoms with Crippen molar-refractivity contribution < 1.29 is 17.9 Å². The fourth-order valence-corrected chi connectivity index (χ4v) is 3.95. The SMILES string of the molecule is CN=C(NCc1ccc(OCC(F)(F)F)cc1)NC1CCN(C2CCCC2)C1. The lowest BCUT2D eigenvalue weighted by molar-refractivity contribution is -0.153. The predicted octanol–water partition coefficient (Wildman–Crippen LogP) is 3.31. The third-order valence-electron chi connectivity index (χ3n) is 5.41. The van der Waals surface area contributed by atoms with E-state index in [-0.39, 0.29) is 5.75 Å². The molecule has 0 spiro atoms. The number of nitrogens with one attached hydrogen (secondary N) is 2. The van der Waals surface area contributed by atoms with Crippen LogP contribution in [0, 0.1) is 0 Å². The highest BCUT2D eigenvalue weighted by atomic mass is 19.4. The summed E-state index contributed by atoms with van der Waals surface area (Å²) in [6.45, 7) is 1.45. The molecular formula is C20H29F3N4O. The maximum atomic E-state index is 12.2. The van der Waals surface area contributed by atoms with Gasteiger partial charge in [0, 0.05) is 38.8 Å². The molecule has 5 nitrogen and oxygen atoms in total. The van der Waals surface area contributed by atoms with Crippen LogP contribution in [0.1, 0.15) is 37.7 Å². The summed E-state index contributed by atoms with van der Waals surface area (Å²) in [6.07, 6.45) is 2.13. The van der Waals surface area contributed by atoms with E-state index in [1.807, 2.05) is 0 Å². The number of alkyl halides is 3. The lowest BCUT2D eigenvalue weighted by Crippen LogP contribution is -2.45. The molecule has 0 amide bonds. The smallest absolute Gasteiger partial charge is 0.422 e. The third-order valence-corrected chi connectivity index (χ3v) is 5.41. The van der Waals surface area contributed by atoms with Gasteiger partial charge in [-0.3, -0.25) is 9.89 Å². The van der Waals surface area contributed by atoms with Gasteiger partial charge in [0.2, 0.25) is 0 Å². The van der Waals surface area contributed by atoms with Crippen LogP contribution in [-0.4, -0.2) is 55.9 Å². The van der Waals surface area contributed by atoms with Gasteiger partial charge in [0.1, 0.15) is 5.75 Å². The minimum absolute atomic E-state index is 0.210. The van der Waals surface area contributed by atoms with Crippen LogP contribution >= 0.6 is 0 Å². The summed E-state index contributed by atoms with van der Waals surface area (Å²) in [5, 5.41) is 6.76. The summed E-state index contributed by atoms with van der Waals surface area (Å²) >= 11 is 0. The summed E-state index contributed by atoms with van der Waals surface area (Å²) in [5.41, 5.74) is 0.946. The first-order chi connectivity index (χ1) is 13.4. The number of nitrogens with zero attached hydrogens (tertiary/aromatic N) is 2. The number of ether oxygens (including phenoxy) is 1. The number of aliphatic imine (C=N–C) groups is 1. The Kier molecular flexibility index (Phi) is 7.04. The molecule has 1 aromatic carbocycles. The van der Waals surface area contributed by atoms with E-state index >= 15 is 0 Å². The highest BCUT2D eigenvalue weighted by molar-refractivity contribution is 5.80. The van der Waals surface area contributed by atoms with Crippen molar-refractivity contribution in [3.63, 3.8) is 0 Å². The molecule has 0 radical (unpaired) electrons. The summed E-state index contributed by atoms with van der Waals surface area (Å²) in [7, 11) is 1.74. The van der Waals surface area contributed by atoms with Crippen molar-refractivity contribution >= 4 is 5.96 Å². The molecule has 8 heteroatoms. The second kappa shape index (κ2) is 9.49. The monoisotopic (exact) mass is 398 g/mol. The average molecular weight is 398 g/mol. The summed E-state index contributed by atoms with van der Waals surface area (Å²) in [5.74, 6) is 0.956. The standard InChI is InChI=1S/C20H29F3N4O/c1-24-19(26-16-10-11-27(13-16)17-4-2-3-5-17)25-12-15-6-8-18(9-7-15)28-14-20(21,22)23/h6-9,16-17H,2-5,10-14H2,1H3,(H2,24,25,26). The van der Waals surface area contributed by atoms with E-state index < -0.39 is 12.8 Å². The molecule has 2 aliphatic rings. The van der Waals surface area contributed by atoms with Crippen LogP contribution in [0.4, 0.5) is 13.2 Å². The first-order valence-electron chi connectivity index (χ1n) is 9.92. The number of halogens is 3. The van der Waals surface area contributed by atoms with E-state index in [0.29, 0.717) is 12.6 Å². The van der Waals surface area contributed by atoms with Crippen molar-refractivity contribution in [1.29, 1.82) is 0 Å². The highest BCUT2D eigenvalue weighted by Gasteiger charge is 2.30.